The molecule has 2 nitrogen and oxygen atoms in total. The van der Waals surface area contributed by atoms with E-state index in [-0.39, 0.29) is 6.10 Å². The molecular weight excluding hydrogens is 116 g/mol. The Morgan fingerprint density at radius 3 is 3.00 bits per heavy atom. The van der Waals surface area contributed by atoms with E-state index in [1.54, 1.807) is 0 Å². The predicted molar refractivity (Wildman–Crippen MR) is 33.8 cm³/mol. The average molecular weight is 126 g/mol. The van der Waals surface area contributed by atoms with Crippen LogP contribution in [0.2, 0.25) is 0 Å². The van der Waals surface area contributed by atoms with Crippen LogP contribution in [0.25, 0.3) is 0 Å². The Labute approximate surface area is 54.8 Å². The Kier molecular flexibility index (Phi) is 2.10. The van der Waals surface area contributed by atoms with Gasteiger partial charge >= 0.3 is 0 Å². The number of aliphatic hydroxyl groups is 1. The summed E-state index contributed by atoms with van der Waals surface area (Å²) in [4.78, 5) is 0. The lowest BCUT2D eigenvalue weighted by molar-refractivity contribution is 0.0273. The summed E-state index contributed by atoms with van der Waals surface area (Å²) < 4.78 is 5.11. The summed E-state index contributed by atoms with van der Waals surface area (Å²) in [5.74, 6) is 2.24. The SMILES string of the molecule is C#C[C@H](O)[C@@H]1CCCO1. The van der Waals surface area contributed by atoms with Crippen molar-refractivity contribution in [2.24, 2.45) is 0 Å². The third-order valence-corrected chi connectivity index (χ3v) is 1.49. The normalized spacial score (nSPS) is 29.6. The van der Waals surface area contributed by atoms with Crippen molar-refractivity contribution in [3.8, 4) is 12.3 Å². The molecule has 2 atom stereocenters. The first-order valence-electron chi connectivity index (χ1n) is 3.10. The summed E-state index contributed by atoms with van der Waals surface area (Å²) in [6.07, 6.45) is 6.08. The predicted octanol–water partition coefficient (Wildman–Crippen LogP) is 0.159. The van der Waals surface area contributed by atoms with Crippen molar-refractivity contribution in [1.82, 2.24) is 0 Å². The number of aliphatic hydroxyl groups excluding tert-OH is 1. The monoisotopic (exact) mass is 126 g/mol. The Balaban J connectivity index is 2.34. The quantitative estimate of drug-likeness (QED) is 0.507. The van der Waals surface area contributed by atoms with Crippen molar-refractivity contribution in [1.29, 1.82) is 0 Å². The summed E-state index contributed by atoms with van der Waals surface area (Å²) in [6, 6.07) is 0. The van der Waals surface area contributed by atoms with Crippen LogP contribution in [0.3, 0.4) is 0 Å². The lowest BCUT2D eigenvalue weighted by Crippen LogP contribution is -2.22. The molecule has 0 bridgehead atoms. The van der Waals surface area contributed by atoms with Crippen LogP contribution in [0.5, 0.6) is 0 Å². The van der Waals surface area contributed by atoms with Crippen molar-refractivity contribution < 1.29 is 9.84 Å². The zero-order valence-electron chi connectivity index (χ0n) is 5.21. The van der Waals surface area contributed by atoms with Crippen LogP contribution in [-0.4, -0.2) is 23.9 Å². The molecule has 0 unspecified atom stereocenters. The molecular formula is C7H10O2. The van der Waals surface area contributed by atoms with E-state index in [1.807, 2.05) is 0 Å². The molecule has 0 aromatic carbocycles. The zero-order chi connectivity index (χ0) is 6.69. The second-order valence-corrected chi connectivity index (χ2v) is 2.16. The van der Waals surface area contributed by atoms with E-state index >= 15 is 0 Å². The topological polar surface area (TPSA) is 29.5 Å². The highest BCUT2D eigenvalue weighted by atomic mass is 16.5. The molecule has 0 aliphatic carbocycles. The summed E-state index contributed by atoms with van der Waals surface area (Å²) in [5, 5.41) is 9.00. The second kappa shape index (κ2) is 2.86. The number of terminal acetylenes is 1. The van der Waals surface area contributed by atoms with Crippen LogP contribution >= 0.6 is 0 Å². The van der Waals surface area contributed by atoms with Gasteiger partial charge in [-0.15, -0.1) is 6.42 Å². The number of hydrogen-bond donors (Lipinski definition) is 1. The lowest BCUT2D eigenvalue weighted by Gasteiger charge is -2.09. The minimum atomic E-state index is -0.701. The molecule has 0 radical (unpaired) electrons. The van der Waals surface area contributed by atoms with Crippen LogP contribution in [0.15, 0.2) is 0 Å². The molecule has 50 valence electrons. The fourth-order valence-corrected chi connectivity index (χ4v) is 0.959. The van der Waals surface area contributed by atoms with Crippen LogP contribution in [0.1, 0.15) is 12.8 Å². The maximum atomic E-state index is 9.00. The highest BCUT2D eigenvalue weighted by Crippen LogP contribution is 2.14. The van der Waals surface area contributed by atoms with Crippen molar-refractivity contribution >= 4 is 0 Å². The van der Waals surface area contributed by atoms with E-state index in [1.165, 1.54) is 0 Å². The van der Waals surface area contributed by atoms with E-state index in [4.69, 9.17) is 16.3 Å². The van der Waals surface area contributed by atoms with E-state index in [2.05, 4.69) is 5.92 Å². The molecule has 0 spiro atoms. The molecule has 1 heterocycles. The van der Waals surface area contributed by atoms with E-state index < -0.39 is 6.10 Å². The van der Waals surface area contributed by atoms with Gasteiger partial charge in [0.1, 0.15) is 6.10 Å². The van der Waals surface area contributed by atoms with Gasteiger partial charge in [-0.05, 0) is 12.8 Å². The van der Waals surface area contributed by atoms with E-state index in [0.29, 0.717) is 0 Å². The number of rotatable bonds is 1. The van der Waals surface area contributed by atoms with Crippen molar-refractivity contribution in [2.75, 3.05) is 6.61 Å². The Bertz CT molecular complexity index is 119. The van der Waals surface area contributed by atoms with E-state index in [9.17, 15) is 0 Å². The van der Waals surface area contributed by atoms with E-state index in [0.717, 1.165) is 19.4 Å². The molecule has 0 aromatic heterocycles. The summed E-state index contributed by atoms with van der Waals surface area (Å²) >= 11 is 0. The van der Waals surface area contributed by atoms with Gasteiger partial charge in [0.05, 0.1) is 6.10 Å². The van der Waals surface area contributed by atoms with Gasteiger partial charge in [-0.2, -0.15) is 0 Å². The van der Waals surface area contributed by atoms with Crippen LogP contribution in [0.4, 0.5) is 0 Å². The zero-order valence-corrected chi connectivity index (χ0v) is 5.21. The van der Waals surface area contributed by atoms with Crippen molar-refractivity contribution in [3.05, 3.63) is 0 Å². The Morgan fingerprint density at radius 2 is 2.56 bits per heavy atom. The molecule has 0 aromatic rings. The first kappa shape index (κ1) is 6.60. The van der Waals surface area contributed by atoms with Crippen LogP contribution in [0, 0.1) is 12.3 Å². The van der Waals surface area contributed by atoms with Gasteiger partial charge in [0.2, 0.25) is 0 Å². The van der Waals surface area contributed by atoms with Gasteiger partial charge in [-0.3, -0.25) is 0 Å². The first-order chi connectivity index (χ1) is 4.34. The largest absolute Gasteiger partial charge is 0.378 e. The highest BCUT2D eigenvalue weighted by Gasteiger charge is 2.21. The Morgan fingerprint density at radius 1 is 1.78 bits per heavy atom. The molecule has 1 fully saturated rings. The number of hydrogen-bond acceptors (Lipinski definition) is 2. The molecule has 2 heteroatoms. The first-order valence-corrected chi connectivity index (χ1v) is 3.10. The molecule has 1 rings (SSSR count). The minimum Gasteiger partial charge on any atom is -0.378 e. The Hall–Kier alpha value is -0.520. The molecule has 0 amide bonds. The van der Waals surface area contributed by atoms with Gasteiger partial charge in [0.25, 0.3) is 0 Å². The minimum absolute atomic E-state index is 0.102. The van der Waals surface area contributed by atoms with Gasteiger partial charge in [-0.1, -0.05) is 5.92 Å². The van der Waals surface area contributed by atoms with Crippen LogP contribution in [-0.2, 0) is 4.74 Å². The maximum Gasteiger partial charge on any atom is 0.140 e. The summed E-state index contributed by atoms with van der Waals surface area (Å²) in [5.41, 5.74) is 0. The average Bonchev–Trinajstić information content (AvgIpc) is 2.37. The maximum absolute atomic E-state index is 9.00. The summed E-state index contributed by atoms with van der Waals surface area (Å²) in [6.45, 7) is 0.739. The van der Waals surface area contributed by atoms with Gasteiger partial charge in [0, 0.05) is 6.61 Å². The van der Waals surface area contributed by atoms with Crippen LogP contribution < -0.4 is 0 Å². The van der Waals surface area contributed by atoms with Crippen molar-refractivity contribution in [2.45, 2.75) is 25.0 Å². The third kappa shape index (κ3) is 1.44. The molecule has 1 saturated heterocycles. The smallest absolute Gasteiger partial charge is 0.140 e. The summed E-state index contributed by atoms with van der Waals surface area (Å²) in [7, 11) is 0. The molecule has 0 saturated carbocycles. The molecule has 1 aliphatic heterocycles. The van der Waals surface area contributed by atoms with Gasteiger partial charge in [-0.25, -0.2) is 0 Å². The standard InChI is InChI=1S/C7H10O2/c1-2-6(8)7-4-3-5-9-7/h1,6-8H,3-5H2/t6-,7-/m0/s1. The van der Waals surface area contributed by atoms with Gasteiger partial charge < -0.3 is 9.84 Å². The fraction of sp³-hybridized carbons (Fsp3) is 0.714. The third-order valence-electron chi connectivity index (χ3n) is 1.49. The van der Waals surface area contributed by atoms with Crippen molar-refractivity contribution in [3.63, 3.8) is 0 Å². The second-order valence-electron chi connectivity index (χ2n) is 2.16. The highest BCUT2D eigenvalue weighted by molar-refractivity contribution is 4.98. The molecule has 1 N–H and O–H groups in total. The number of ether oxygens (including phenoxy) is 1. The molecule has 1 aliphatic rings. The van der Waals surface area contributed by atoms with Gasteiger partial charge in [0.15, 0.2) is 0 Å². The lowest BCUT2D eigenvalue weighted by atomic mass is 10.1. The fourth-order valence-electron chi connectivity index (χ4n) is 0.959. The molecule has 9 heavy (non-hydrogen) atoms.